The van der Waals surface area contributed by atoms with Crippen molar-refractivity contribution in [3.63, 3.8) is 0 Å². The van der Waals surface area contributed by atoms with Gasteiger partial charge in [-0.3, -0.25) is 0 Å². The molecule has 0 amide bonds. The molecular formula is C16H26N2. The van der Waals surface area contributed by atoms with Gasteiger partial charge in [-0.2, -0.15) is 0 Å². The Morgan fingerprint density at radius 1 is 1.33 bits per heavy atom. The number of rotatable bonds is 3. The van der Waals surface area contributed by atoms with Gasteiger partial charge in [-0.05, 0) is 38.8 Å². The fraction of sp³-hybridized carbons (Fsp3) is 0.625. The first-order chi connectivity index (χ1) is 8.53. The highest BCUT2D eigenvalue weighted by Crippen LogP contribution is 2.29. The molecule has 1 N–H and O–H groups in total. The van der Waals surface area contributed by atoms with Gasteiger partial charge in [-0.1, -0.05) is 31.5 Å². The molecule has 0 saturated carbocycles. The second kappa shape index (κ2) is 5.31. The number of fused-ring (bicyclic) bond motifs is 1. The summed E-state index contributed by atoms with van der Waals surface area (Å²) in [6, 6.07) is 9.42. The van der Waals surface area contributed by atoms with E-state index in [4.69, 9.17) is 0 Å². The molecule has 0 aliphatic carbocycles. The van der Waals surface area contributed by atoms with E-state index in [1.807, 2.05) is 0 Å². The molecule has 0 radical (unpaired) electrons. The highest BCUT2D eigenvalue weighted by molar-refractivity contribution is 5.55. The highest BCUT2D eigenvalue weighted by atomic mass is 15.2. The van der Waals surface area contributed by atoms with E-state index >= 15 is 0 Å². The zero-order valence-electron chi connectivity index (χ0n) is 12.2. The maximum absolute atomic E-state index is 3.66. The van der Waals surface area contributed by atoms with Crippen molar-refractivity contribution in [2.45, 2.75) is 58.7 Å². The number of anilines is 1. The Morgan fingerprint density at radius 3 is 2.78 bits per heavy atom. The van der Waals surface area contributed by atoms with Crippen LogP contribution in [0, 0.1) is 0 Å². The quantitative estimate of drug-likeness (QED) is 0.877. The summed E-state index contributed by atoms with van der Waals surface area (Å²) in [4.78, 5) is 2.58. The maximum Gasteiger partial charge on any atom is 0.0414 e. The smallest absolute Gasteiger partial charge is 0.0414 e. The van der Waals surface area contributed by atoms with Crippen LogP contribution in [0.4, 0.5) is 5.69 Å². The SMILES string of the molecule is CCCC(C)N1CC(C)(C)NCc2ccccc21. The molecular weight excluding hydrogens is 220 g/mol. The van der Waals surface area contributed by atoms with Gasteiger partial charge in [0.1, 0.15) is 0 Å². The van der Waals surface area contributed by atoms with Gasteiger partial charge in [0.25, 0.3) is 0 Å². The lowest BCUT2D eigenvalue weighted by Crippen LogP contribution is -2.49. The van der Waals surface area contributed by atoms with Crippen molar-refractivity contribution in [2.75, 3.05) is 11.4 Å². The summed E-state index contributed by atoms with van der Waals surface area (Å²) in [6.45, 7) is 11.3. The molecule has 1 aromatic carbocycles. The normalized spacial score (nSPS) is 20.1. The van der Waals surface area contributed by atoms with Crippen molar-refractivity contribution >= 4 is 5.69 Å². The van der Waals surface area contributed by atoms with E-state index in [0.717, 1.165) is 13.1 Å². The lowest BCUT2D eigenvalue weighted by molar-refractivity contribution is 0.382. The Labute approximate surface area is 111 Å². The largest absolute Gasteiger partial charge is 0.367 e. The Hall–Kier alpha value is -1.02. The summed E-state index contributed by atoms with van der Waals surface area (Å²) in [7, 11) is 0. The fourth-order valence-corrected chi connectivity index (χ4v) is 2.81. The maximum atomic E-state index is 3.66. The molecule has 1 atom stereocenters. The van der Waals surface area contributed by atoms with Crippen LogP contribution in [-0.2, 0) is 6.54 Å². The molecule has 1 heterocycles. The third-order valence-electron chi connectivity index (χ3n) is 3.86. The topological polar surface area (TPSA) is 15.3 Å². The van der Waals surface area contributed by atoms with E-state index in [0.29, 0.717) is 6.04 Å². The zero-order chi connectivity index (χ0) is 13.2. The van der Waals surface area contributed by atoms with Crippen LogP contribution < -0.4 is 10.2 Å². The lowest BCUT2D eigenvalue weighted by Gasteiger charge is -2.36. The van der Waals surface area contributed by atoms with Gasteiger partial charge in [0.15, 0.2) is 0 Å². The zero-order valence-corrected chi connectivity index (χ0v) is 12.2. The molecule has 2 heteroatoms. The van der Waals surface area contributed by atoms with Gasteiger partial charge < -0.3 is 10.2 Å². The molecule has 2 nitrogen and oxygen atoms in total. The van der Waals surface area contributed by atoms with Crippen molar-refractivity contribution in [3.8, 4) is 0 Å². The summed E-state index contributed by atoms with van der Waals surface area (Å²) in [5.74, 6) is 0. The summed E-state index contributed by atoms with van der Waals surface area (Å²) in [5.41, 5.74) is 3.00. The second-order valence-corrected chi connectivity index (χ2v) is 6.13. The van der Waals surface area contributed by atoms with Gasteiger partial charge in [0, 0.05) is 30.4 Å². The van der Waals surface area contributed by atoms with Crippen molar-refractivity contribution in [3.05, 3.63) is 29.8 Å². The van der Waals surface area contributed by atoms with Gasteiger partial charge >= 0.3 is 0 Å². The minimum atomic E-state index is 0.168. The minimum absolute atomic E-state index is 0.168. The second-order valence-electron chi connectivity index (χ2n) is 6.13. The van der Waals surface area contributed by atoms with Crippen LogP contribution in [0.3, 0.4) is 0 Å². The molecule has 0 aromatic heterocycles. The van der Waals surface area contributed by atoms with Gasteiger partial charge in [-0.25, -0.2) is 0 Å². The van der Waals surface area contributed by atoms with Crippen molar-refractivity contribution < 1.29 is 0 Å². The fourth-order valence-electron chi connectivity index (χ4n) is 2.81. The highest BCUT2D eigenvalue weighted by Gasteiger charge is 2.28. The molecule has 1 aliphatic heterocycles. The monoisotopic (exact) mass is 246 g/mol. The number of benzene rings is 1. The number of nitrogens with one attached hydrogen (secondary N) is 1. The molecule has 18 heavy (non-hydrogen) atoms. The summed E-state index contributed by atoms with van der Waals surface area (Å²) in [6.07, 6.45) is 2.50. The Kier molecular flexibility index (Phi) is 3.96. The summed E-state index contributed by atoms with van der Waals surface area (Å²) < 4.78 is 0. The van der Waals surface area contributed by atoms with Crippen LogP contribution in [0.25, 0.3) is 0 Å². The van der Waals surface area contributed by atoms with Crippen LogP contribution in [0.15, 0.2) is 24.3 Å². The van der Waals surface area contributed by atoms with Gasteiger partial charge in [-0.15, -0.1) is 0 Å². The Morgan fingerprint density at radius 2 is 2.06 bits per heavy atom. The number of hydrogen-bond acceptors (Lipinski definition) is 2. The first-order valence-electron chi connectivity index (χ1n) is 7.13. The first-order valence-corrected chi connectivity index (χ1v) is 7.13. The van der Waals surface area contributed by atoms with E-state index in [-0.39, 0.29) is 5.54 Å². The van der Waals surface area contributed by atoms with Gasteiger partial charge in [0.2, 0.25) is 0 Å². The van der Waals surface area contributed by atoms with Crippen molar-refractivity contribution in [1.82, 2.24) is 5.32 Å². The van der Waals surface area contributed by atoms with Crippen molar-refractivity contribution in [1.29, 1.82) is 0 Å². The van der Waals surface area contributed by atoms with Crippen LogP contribution in [0.2, 0.25) is 0 Å². The molecule has 0 saturated heterocycles. The van der Waals surface area contributed by atoms with Crippen LogP contribution in [0.5, 0.6) is 0 Å². The van der Waals surface area contributed by atoms with E-state index in [1.54, 1.807) is 0 Å². The Bertz CT molecular complexity index is 398. The molecule has 0 bridgehead atoms. The van der Waals surface area contributed by atoms with E-state index in [2.05, 4.69) is 62.2 Å². The third-order valence-corrected chi connectivity index (χ3v) is 3.86. The minimum Gasteiger partial charge on any atom is -0.367 e. The summed E-state index contributed by atoms with van der Waals surface area (Å²) >= 11 is 0. The lowest BCUT2D eigenvalue weighted by atomic mass is 10.0. The predicted molar refractivity (Wildman–Crippen MR) is 79.1 cm³/mol. The number of nitrogens with zero attached hydrogens (tertiary/aromatic N) is 1. The third kappa shape index (κ3) is 2.86. The molecule has 0 spiro atoms. The molecule has 1 aliphatic rings. The van der Waals surface area contributed by atoms with E-state index in [9.17, 15) is 0 Å². The predicted octanol–water partition coefficient (Wildman–Crippen LogP) is 3.56. The average Bonchev–Trinajstić information content (AvgIpc) is 2.47. The van der Waals surface area contributed by atoms with Crippen molar-refractivity contribution in [2.24, 2.45) is 0 Å². The molecule has 1 aromatic rings. The molecule has 100 valence electrons. The first kappa shape index (κ1) is 13.4. The Balaban J connectivity index is 2.34. The van der Waals surface area contributed by atoms with Gasteiger partial charge in [0.05, 0.1) is 0 Å². The average molecular weight is 246 g/mol. The van der Waals surface area contributed by atoms with E-state index < -0.39 is 0 Å². The van der Waals surface area contributed by atoms with E-state index in [1.165, 1.54) is 24.1 Å². The summed E-state index contributed by atoms with van der Waals surface area (Å²) in [5, 5.41) is 3.66. The molecule has 2 rings (SSSR count). The standard InChI is InChI=1S/C16H26N2/c1-5-8-13(2)18-12-16(3,4)17-11-14-9-6-7-10-15(14)18/h6-7,9-10,13,17H,5,8,11-12H2,1-4H3. The van der Waals surface area contributed by atoms with Crippen LogP contribution in [0.1, 0.15) is 46.1 Å². The molecule has 0 fully saturated rings. The molecule has 1 unspecified atom stereocenters. The number of hydrogen-bond donors (Lipinski definition) is 1. The number of para-hydroxylation sites is 1. The van der Waals surface area contributed by atoms with Crippen LogP contribution in [-0.4, -0.2) is 18.1 Å². The van der Waals surface area contributed by atoms with Crippen LogP contribution >= 0.6 is 0 Å².